The lowest BCUT2D eigenvalue weighted by molar-refractivity contribution is 0.0759. The van der Waals surface area contributed by atoms with Crippen LogP contribution in [0.3, 0.4) is 0 Å². The normalized spacial score (nSPS) is 10.3. The molecule has 0 N–H and O–H groups in total. The number of alkyl halides is 1. The molecule has 0 radical (unpaired) electrons. The molecule has 0 atom stereocenters. The molecule has 18 heavy (non-hydrogen) atoms. The minimum Gasteiger partial charge on any atom is -0.333 e. The molecule has 0 spiro atoms. The van der Waals surface area contributed by atoms with Crippen molar-refractivity contribution < 1.29 is 4.79 Å². The number of rotatable bonds is 5. The van der Waals surface area contributed by atoms with E-state index in [1.807, 2.05) is 52.7 Å². The van der Waals surface area contributed by atoms with Gasteiger partial charge >= 0.3 is 0 Å². The smallest absolute Gasteiger partial charge is 0.264 e. The van der Waals surface area contributed by atoms with Gasteiger partial charge in [-0.25, -0.2) is 0 Å². The number of carbonyl (C=O) groups is 1. The molecule has 1 heterocycles. The topological polar surface area (TPSA) is 20.3 Å². The summed E-state index contributed by atoms with van der Waals surface area (Å²) in [5, 5.41) is 2.72. The first-order valence-electron chi connectivity index (χ1n) is 5.74. The molecule has 1 aromatic heterocycles. The van der Waals surface area contributed by atoms with Gasteiger partial charge in [0.1, 0.15) is 0 Å². The van der Waals surface area contributed by atoms with Gasteiger partial charge in [-0.15, -0.1) is 11.3 Å². The Kier molecular flexibility index (Phi) is 4.96. The molecule has 1 amide bonds. The van der Waals surface area contributed by atoms with Crippen molar-refractivity contribution in [2.45, 2.75) is 6.54 Å². The van der Waals surface area contributed by atoms with E-state index in [2.05, 4.69) is 15.9 Å². The van der Waals surface area contributed by atoms with Gasteiger partial charge in [0.15, 0.2) is 0 Å². The third-order valence-electron chi connectivity index (χ3n) is 2.59. The lowest BCUT2D eigenvalue weighted by Crippen LogP contribution is -2.31. The van der Waals surface area contributed by atoms with Crippen LogP contribution >= 0.6 is 27.3 Å². The molecule has 0 aliphatic carbocycles. The lowest BCUT2D eigenvalue weighted by Gasteiger charge is -2.21. The molecule has 4 heteroatoms. The Balaban J connectivity index is 2.11. The Morgan fingerprint density at radius 3 is 2.56 bits per heavy atom. The number of halogens is 1. The van der Waals surface area contributed by atoms with Crippen LogP contribution in [0.2, 0.25) is 0 Å². The molecule has 0 saturated heterocycles. The first-order valence-corrected chi connectivity index (χ1v) is 7.74. The zero-order valence-corrected chi connectivity index (χ0v) is 12.3. The highest BCUT2D eigenvalue weighted by molar-refractivity contribution is 9.09. The molecule has 0 bridgehead atoms. The van der Waals surface area contributed by atoms with Gasteiger partial charge in [-0.3, -0.25) is 4.79 Å². The van der Waals surface area contributed by atoms with Gasteiger partial charge in [0.25, 0.3) is 5.91 Å². The van der Waals surface area contributed by atoms with E-state index in [1.165, 1.54) is 11.3 Å². The minimum atomic E-state index is 0.105. The second-order valence-electron chi connectivity index (χ2n) is 3.88. The quantitative estimate of drug-likeness (QED) is 0.767. The van der Waals surface area contributed by atoms with Crippen molar-refractivity contribution in [2.75, 3.05) is 11.9 Å². The lowest BCUT2D eigenvalue weighted by atomic mass is 10.2. The molecule has 2 nitrogen and oxygen atoms in total. The second-order valence-corrected chi connectivity index (χ2v) is 5.62. The predicted molar refractivity (Wildman–Crippen MR) is 79.3 cm³/mol. The third-order valence-corrected chi connectivity index (χ3v) is 3.80. The number of thiophene rings is 1. The fourth-order valence-electron chi connectivity index (χ4n) is 1.71. The van der Waals surface area contributed by atoms with E-state index < -0.39 is 0 Å². The van der Waals surface area contributed by atoms with Gasteiger partial charge in [-0.2, -0.15) is 0 Å². The summed E-state index contributed by atoms with van der Waals surface area (Å²) in [4.78, 5) is 15.0. The van der Waals surface area contributed by atoms with Crippen LogP contribution in [0.4, 0.5) is 0 Å². The van der Waals surface area contributed by atoms with Crippen LogP contribution in [-0.2, 0) is 6.54 Å². The number of hydrogen-bond acceptors (Lipinski definition) is 2. The Hall–Kier alpha value is -1.13. The van der Waals surface area contributed by atoms with Gasteiger partial charge in [0.05, 0.1) is 4.88 Å². The van der Waals surface area contributed by atoms with Crippen LogP contribution in [0.1, 0.15) is 15.2 Å². The number of carbonyl (C=O) groups excluding carboxylic acids is 1. The minimum absolute atomic E-state index is 0.105. The Morgan fingerprint density at radius 2 is 1.94 bits per heavy atom. The summed E-state index contributed by atoms with van der Waals surface area (Å²) in [6, 6.07) is 13.9. The largest absolute Gasteiger partial charge is 0.333 e. The number of hydrogen-bond donors (Lipinski definition) is 0. The summed E-state index contributed by atoms with van der Waals surface area (Å²) < 4.78 is 0. The molecule has 0 aliphatic rings. The van der Waals surface area contributed by atoms with Gasteiger partial charge < -0.3 is 4.90 Å². The van der Waals surface area contributed by atoms with E-state index in [9.17, 15) is 4.79 Å². The highest BCUT2D eigenvalue weighted by Crippen LogP contribution is 2.14. The van der Waals surface area contributed by atoms with Crippen molar-refractivity contribution >= 4 is 33.2 Å². The van der Waals surface area contributed by atoms with Crippen molar-refractivity contribution in [2.24, 2.45) is 0 Å². The Morgan fingerprint density at radius 1 is 1.17 bits per heavy atom. The summed E-state index contributed by atoms with van der Waals surface area (Å²) in [6.07, 6.45) is 0. The Bertz CT molecular complexity index is 484. The van der Waals surface area contributed by atoms with Gasteiger partial charge in [0.2, 0.25) is 0 Å². The molecular weight excluding hydrogens is 310 g/mol. The summed E-state index contributed by atoms with van der Waals surface area (Å²) in [5.74, 6) is 0.105. The van der Waals surface area contributed by atoms with Crippen LogP contribution in [0, 0.1) is 0 Å². The Labute approximate surface area is 119 Å². The standard InChI is InChI=1S/C14H14BrNOS/c15-8-9-16(11-12-5-2-1-3-6-12)14(17)13-7-4-10-18-13/h1-7,10H,8-9,11H2. The number of benzene rings is 1. The van der Waals surface area contributed by atoms with E-state index in [1.54, 1.807) is 0 Å². The first kappa shape index (κ1) is 13.3. The second kappa shape index (κ2) is 6.71. The molecule has 0 aliphatic heterocycles. The van der Waals surface area contributed by atoms with Crippen molar-refractivity contribution in [1.82, 2.24) is 4.90 Å². The number of nitrogens with zero attached hydrogens (tertiary/aromatic N) is 1. The predicted octanol–water partition coefficient (Wildman–Crippen LogP) is 3.79. The molecule has 2 rings (SSSR count). The maximum Gasteiger partial charge on any atom is 0.264 e. The summed E-state index contributed by atoms with van der Waals surface area (Å²) in [5.41, 5.74) is 1.16. The third kappa shape index (κ3) is 3.43. The van der Waals surface area contributed by atoms with Crippen molar-refractivity contribution in [3.63, 3.8) is 0 Å². The van der Waals surface area contributed by atoms with Crippen molar-refractivity contribution in [1.29, 1.82) is 0 Å². The van der Waals surface area contributed by atoms with Crippen LogP contribution in [-0.4, -0.2) is 22.7 Å². The zero-order chi connectivity index (χ0) is 12.8. The molecule has 0 fully saturated rings. The van der Waals surface area contributed by atoms with Gasteiger partial charge in [0, 0.05) is 18.4 Å². The van der Waals surface area contributed by atoms with E-state index in [0.717, 1.165) is 15.8 Å². The van der Waals surface area contributed by atoms with Crippen LogP contribution in [0.5, 0.6) is 0 Å². The zero-order valence-electron chi connectivity index (χ0n) is 9.88. The van der Waals surface area contributed by atoms with Crippen LogP contribution in [0.25, 0.3) is 0 Å². The summed E-state index contributed by atoms with van der Waals surface area (Å²) in [6.45, 7) is 1.37. The van der Waals surface area contributed by atoms with Gasteiger partial charge in [-0.05, 0) is 17.0 Å². The molecule has 1 aromatic carbocycles. The molecule has 0 saturated carbocycles. The van der Waals surface area contributed by atoms with E-state index in [4.69, 9.17) is 0 Å². The highest BCUT2D eigenvalue weighted by Gasteiger charge is 2.16. The van der Waals surface area contributed by atoms with Crippen molar-refractivity contribution in [3.8, 4) is 0 Å². The monoisotopic (exact) mass is 323 g/mol. The van der Waals surface area contributed by atoms with Crippen LogP contribution < -0.4 is 0 Å². The number of amides is 1. The summed E-state index contributed by atoms with van der Waals surface area (Å²) in [7, 11) is 0. The van der Waals surface area contributed by atoms with E-state index >= 15 is 0 Å². The average Bonchev–Trinajstić information content (AvgIpc) is 2.92. The van der Waals surface area contributed by atoms with Crippen LogP contribution in [0.15, 0.2) is 47.8 Å². The SMILES string of the molecule is O=C(c1cccs1)N(CCBr)Cc1ccccc1. The molecule has 2 aromatic rings. The van der Waals surface area contributed by atoms with Crippen molar-refractivity contribution in [3.05, 3.63) is 58.3 Å². The maximum absolute atomic E-state index is 12.3. The molecular formula is C14H14BrNOS. The fraction of sp³-hybridized carbons (Fsp3) is 0.214. The van der Waals surface area contributed by atoms with E-state index in [-0.39, 0.29) is 5.91 Å². The highest BCUT2D eigenvalue weighted by atomic mass is 79.9. The fourth-order valence-corrected chi connectivity index (χ4v) is 2.83. The average molecular weight is 324 g/mol. The van der Waals surface area contributed by atoms with Gasteiger partial charge in [-0.1, -0.05) is 52.3 Å². The van der Waals surface area contributed by atoms with E-state index in [0.29, 0.717) is 13.1 Å². The maximum atomic E-state index is 12.3. The first-order chi connectivity index (χ1) is 8.81. The molecule has 0 unspecified atom stereocenters. The summed E-state index contributed by atoms with van der Waals surface area (Å²) >= 11 is 4.89. The molecule has 94 valence electrons.